The van der Waals surface area contributed by atoms with Crippen LogP contribution in [0.3, 0.4) is 0 Å². The average Bonchev–Trinajstić information content (AvgIpc) is 3.63. The van der Waals surface area contributed by atoms with Crippen molar-refractivity contribution in [3.8, 4) is 11.4 Å². The summed E-state index contributed by atoms with van der Waals surface area (Å²) in [5.41, 5.74) is 9.55. The highest BCUT2D eigenvalue weighted by molar-refractivity contribution is 6.18. The Labute approximate surface area is 224 Å². The number of nitrogens with one attached hydrogen (secondary N) is 1. The van der Waals surface area contributed by atoms with Crippen LogP contribution in [-0.2, 0) is 0 Å². The Morgan fingerprint density at radius 3 is 1.54 bits per heavy atom. The fourth-order valence-corrected chi connectivity index (χ4v) is 6.55. The molecule has 0 unspecified atom stereocenters. The minimum Gasteiger partial charge on any atom is -0.354 e. The van der Waals surface area contributed by atoms with E-state index < -0.39 is 0 Å². The van der Waals surface area contributed by atoms with Crippen molar-refractivity contribution in [1.82, 2.24) is 14.1 Å². The van der Waals surface area contributed by atoms with E-state index in [0.29, 0.717) is 0 Å². The predicted molar refractivity (Wildman–Crippen MR) is 164 cm³/mol. The molecule has 9 rings (SSSR count). The lowest BCUT2D eigenvalue weighted by Crippen LogP contribution is -1.93. The molecule has 0 bridgehead atoms. The van der Waals surface area contributed by atoms with E-state index in [9.17, 15) is 0 Å². The van der Waals surface area contributed by atoms with Gasteiger partial charge in [-0.3, -0.25) is 0 Å². The second-order valence-corrected chi connectivity index (χ2v) is 10.3. The van der Waals surface area contributed by atoms with E-state index in [0.717, 1.165) is 11.0 Å². The molecule has 0 atom stereocenters. The molecule has 0 spiro atoms. The first-order valence-corrected chi connectivity index (χ1v) is 13.4. The molecule has 6 aromatic carbocycles. The maximum Gasteiger partial charge on any atom is 0.0548 e. The lowest BCUT2D eigenvalue weighted by Gasteiger charge is -2.09. The number of para-hydroxylation sites is 4. The fourth-order valence-electron chi connectivity index (χ4n) is 6.55. The van der Waals surface area contributed by atoms with Crippen molar-refractivity contribution in [3.05, 3.63) is 133 Å². The molecule has 0 radical (unpaired) electrons. The van der Waals surface area contributed by atoms with Crippen molar-refractivity contribution < 1.29 is 0 Å². The van der Waals surface area contributed by atoms with E-state index in [1.165, 1.54) is 65.8 Å². The zero-order valence-electron chi connectivity index (χ0n) is 21.1. The maximum atomic E-state index is 3.71. The molecule has 0 saturated heterocycles. The molecule has 9 aromatic rings. The summed E-state index contributed by atoms with van der Waals surface area (Å²) in [4.78, 5) is 3.71. The van der Waals surface area contributed by atoms with Gasteiger partial charge in [0.05, 0.1) is 22.1 Å². The highest BCUT2D eigenvalue weighted by Crippen LogP contribution is 2.38. The summed E-state index contributed by atoms with van der Waals surface area (Å²) in [5.74, 6) is 0. The fraction of sp³-hybridized carbons (Fsp3) is 0. The molecule has 3 nitrogen and oxygen atoms in total. The van der Waals surface area contributed by atoms with Crippen molar-refractivity contribution in [1.29, 1.82) is 0 Å². The van der Waals surface area contributed by atoms with Crippen LogP contribution < -0.4 is 0 Å². The maximum absolute atomic E-state index is 3.71. The van der Waals surface area contributed by atoms with Gasteiger partial charge in [-0.15, -0.1) is 0 Å². The summed E-state index contributed by atoms with van der Waals surface area (Å²) in [5, 5.41) is 7.55. The van der Waals surface area contributed by atoms with Crippen molar-refractivity contribution in [2.45, 2.75) is 0 Å². The zero-order chi connectivity index (χ0) is 25.5. The van der Waals surface area contributed by atoms with E-state index in [1.807, 2.05) is 0 Å². The molecule has 39 heavy (non-hydrogen) atoms. The van der Waals surface area contributed by atoms with E-state index in [-0.39, 0.29) is 0 Å². The van der Waals surface area contributed by atoms with Crippen molar-refractivity contribution >= 4 is 65.4 Å². The second-order valence-electron chi connectivity index (χ2n) is 10.3. The van der Waals surface area contributed by atoms with Crippen LogP contribution in [0, 0.1) is 0 Å². The van der Waals surface area contributed by atoms with Gasteiger partial charge in [-0.1, -0.05) is 72.8 Å². The van der Waals surface area contributed by atoms with E-state index in [2.05, 4.69) is 148 Å². The minimum atomic E-state index is 1.15. The third kappa shape index (κ3) is 2.82. The van der Waals surface area contributed by atoms with Gasteiger partial charge in [0.15, 0.2) is 0 Å². The van der Waals surface area contributed by atoms with Gasteiger partial charge in [0, 0.05) is 54.7 Å². The number of hydrogen-bond acceptors (Lipinski definition) is 0. The Kier molecular flexibility index (Phi) is 4.05. The summed E-state index contributed by atoms with van der Waals surface area (Å²) >= 11 is 0. The molecule has 0 aliphatic heterocycles. The number of nitrogens with zero attached hydrogens (tertiary/aromatic N) is 2. The Morgan fingerprint density at radius 1 is 0.333 bits per heavy atom. The normalized spacial score (nSPS) is 12.1. The Balaban J connectivity index is 1.37. The first-order chi connectivity index (χ1) is 19.3. The third-order valence-electron chi connectivity index (χ3n) is 8.23. The summed E-state index contributed by atoms with van der Waals surface area (Å²) in [6, 6.07) is 48.2. The summed E-state index contributed by atoms with van der Waals surface area (Å²) < 4.78 is 4.78. The van der Waals surface area contributed by atoms with Crippen LogP contribution in [0.15, 0.2) is 133 Å². The zero-order valence-corrected chi connectivity index (χ0v) is 21.1. The first-order valence-electron chi connectivity index (χ1n) is 13.4. The van der Waals surface area contributed by atoms with Crippen molar-refractivity contribution in [2.24, 2.45) is 0 Å². The lowest BCUT2D eigenvalue weighted by molar-refractivity contribution is 1.18. The van der Waals surface area contributed by atoms with Gasteiger partial charge >= 0.3 is 0 Å². The van der Waals surface area contributed by atoms with Crippen molar-refractivity contribution in [3.63, 3.8) is 0 Å². The highest BCUT2D eigenvalue weighted by Gasteiger charge is 2.16. The molecule has 0 amide bonds. The van der Waals surface area contributed by atoms with Crippen LogP contribution in [0.25, 0.3) is 76.8 Å². The predicted octanol–water partition coefficient (Wildman–Crippen LogP) is 9.52. The second kappa shape index (κ2) is 7.62. The molecule has 1 N–H and O–H groups in total. The molecule has 3 heteroatoms. The van der Waals surface area contributed by atoms with Crippen LogP contribution in [0.1, 0.15) is 0 Å². The van der Waals surface area contributed by atoms with Crippen LogP contribution >= 0.6 is 0 Å². The van der Waals surface area contributed by atoms with Gasteiger partial charge in [-0.05, 0) is 60.7 Å². The van der Waals surface area contributed by atoms with Gasteiger partial charge in [-0.2, -0.15) is 0 Å². The van der Waals surface area contributed by atoms with Gasteiger partial charge in [0.2, 0.25) is 0 Å². The quantitative estimate of drug-likeness (QED) is 0.246. The van der Waals surface area contributed by atoms with Gasteiger partial charge in [0.1, 0.15) is 0 Å². The van der Waals surface area contributed by atoms with Crippen LogP contribution in [0.5, 0.6) is 0 Å². The number of aromatic nitrogens is 3. The van der Waals surface area contributed by atoms with Gasteiger partial charge < -0.3 is 14.1 Å². The molecule has 0 aliphatic carbocycles. The first kappa shape index (κ1) is 20.7. The van der Waals surface area contributed by atoms with Crippen LogP contribution in [0.2, 0.25) is 0 Å². The van der Waals surface area contributed by atoms with Crippen LogP contribution in [-0.4, -0.2) is 14.1 Å². The molecular formula is C36H23N3. The standard InChI is InChI=1S/C36H23N3/c1-2-10-23(11-3-1)38-35-17-9-6-14-27(35)30-21-32-29(22-36(30)38)28-20-24(18-19-31(28)37-32)39-33-15-7-4-12-25(33)26-13-5-8-16-34(26)39/h1-22,37H. The molecule has 0 saturated carbocycles. The summed E-state index contributed by atoms with van der Waals surface area (Å²) in [6.45, 7) is 0. The number of aromatic amines is 1. The number of benzene rings is 6. The van der Waals surface area contributed by atoms with Crippen molar-refractivity contribution in [2.75, 3.05) is 0 Å². The lowest BCUT2D eigenvalue weighted by atomic mass is 10.1. The topological polar surface area (TPSA) is 25.6 Å². The SMILES string of the molecule is c1ccc(-n2c3ccccc3c3cc4[nH]c5ccc(-n6c7ccccc7c7ccccc76)cc5c4cc32)cc1. The Hall–Kier alpha value is -5.28. The smallest absolute Gasteiger partial charge is 0.0548 e. The van der Waals surface area contributed by atoms with Gasteiger partial charge in [-0.25, -0.2) is 0 Å². The molecule has 182 valence electrons. The number of hydrogen-bond donors (Lipinski definition) is 1. The Morgan fingerprint density at radius 2 is 0.872 bits per heavy atom. The monoisotopic (exact) mass is 497 g/mol. The summed E-state index contributed by atoms with van der Waals surface area (Å²) in [7, 11) is 0. The highest BCUT2D eigenvalue weighted by atomic mass is 15.0. The van der Waals surface area contributed by atoms with E-state index in [4.69, 9.17) is 0 Å². The van der Waals surface area contributed by atoms with E-state index in [1.54, 1.807) is 0 Å². The average molecular weight is 498 g/mol. The van der Waals surface area contributed by atoms with Crippen LogP contribution in [0.4, 0.5) is 0 Å². The molecule has 0 aliphatic rings. The number of fused-ring (bicyclic) bond motifs is 9. The van der Waals surface area contributed by atoms with E-state index >= 15 is 0 Å². The van der Waals surface area contributed by atoms with Gasteiger partial charge in [0.25, 0.3) is 0 Å². The molecule has 3 aromatic heterocycles. The summed E-state index contributed by atoms with van der Waals surface area (Å²) in [6.07, 6.45) is 0. The number of rotatable bonds is 2. The molecule has 3 heterocycles. The third-order valence-corrected chi connectivity index (χ3v) is 8.23. The number of H-pyrrole nitrogens is 1. The molecule has 0 fully saturated rings. The Bertz CT molecular complexity index is 2330. The largest absolute Gasteiger partial charge is 0.354 e. The molecular weight excluding hydrogens is 474 g/mol. The minimum absolute atomic E-state index is 1.15.